The standard InChI is InChI=1S/C16H19N3OS/c1-12(17-2)19(3)14-8-6-13(7-9-14)18-16(20)11-15-5-4-10-21-15/h4-10H,11H2,1-3H3,(H,18,20). The van der Waals surface area contributed by atoms with Crippen molar-refractivity contribution in [2.75, 3.05) is 24.3 Å². The molecule has 0 bridgehead atoms. The molecule has 0 radical (unpaired) electrons. The van der Waals surface area contributed by atoms with E-state index in [1.54, 1.807) is 18.4 Å². The summed E-state index contributed by atoms with van der Waals surface area (Å²) >= 11 is 1.59. The molecule has 0 saturated carbocycles. The highest BCUT2D eigenvalue weighted by molar-refractivity contribution is 7.10. The van der Waals surface area contributed by atoms with Crippen LogP contribution in [-0.4, -0.2) is 25.8 Å². The van der Waals surface area contributed by atoms with Crippen LogP contribution in [0.4, 0.5) is 11.4 Å². The number of benzene rings is 1. The van der Waals surface area contributed by atoms with Gasteiger partial charge in [-0.05, 0) is 42.6 Å². The number of amides is 1. The van der Waals surface area contributed by atoms with Gasteiger partial charge in [0.05, 0.1) is 12.3 Å². The summed E-state index contributed by atoms with van der Waals surface area (Å²) in [5.41, 5.74) is 1.84. The van der Waals surface area contributed by atoms with Gasteiger partial charge in [0.25, 0.3) is 0 Å². The van der Waals surface area contributed by atoms with Crippen molar-refractivity contribution >= 4 is 34.5 Å². The van der Waals surface area contributed by atoms with Gasteiger partial charge in [-0.3, -0.25) is 9.79 Å². The van der Waals surface area contributed by atoms with E-state index < -0.39 is 0 Å². The van der Waals surface area contributed by atoms with E-state index in [-0.39, 0.29) is 5.91 Å². The molecule has 1 heterocycles. The van der Waals surface area contributed by atoms with Gasteiger partial charge in [0.15, 0.2) is 0 Å². The third-order valence-electron chi connectivity index (χ3n) is 3.26. The van der Waals surface area contributed by atoms with Crippen LogP contribution in [0.15, 0.2) is 46.8 Å². The van der Waals surface area contributed by atoms with Crippen LogP contribution in [0, 0.1) is 0 Å². The van der Waals surface area contributed by atoms with Crippen molar-refractivity contribution in [3.05, 3.63) is 46.7 Å². The molecule has 0 atom stereocenters. The monoisotopic (exact) mass is 301 g/mol. The van der Waals surface area contributed by atoms with E-state index in [1.165, 1.54) is 0 Å². The van der Waals surface area contributed by atoms with Crippen LogP contribution in [0.3, 0.4) is 0 Å². The quantitative estimate of drug-likeness (QED) is 0.695. The molecular formula is C16H19N3OS. The van der Waals surface area contributed by atoms with Crippen LogP contribution >= 0.6 is 11.3 Å². The Labute approximate surface area is 129 Å². The number of hydrogen-bond donors (Lipinski definition) is 1. The summed E-state index contributed by atoms with van der Waals surface area (Å²) in [5.74, 6) is 0.939. The van der Waals surface area contributed by atoms with E-state index in [9.17, 15) is 4.79 Å². The molecule has 5 heteroatoms. The second kappa shape index (κ2) is 7.04. The highest BCUT2D eigenvalue weighted by Gasteiger charge is 2.06. The molecular weight excluding hydrogens is 282 g/mol. The Morgan fingerprint density at radius 2 is 2.00 bits per heavy atom. The number of anilines is 2. The number of carbonyl (C=O) groups excluding carboxylic acids is 1. The molecule has 0 fully saturated rings. The normalized spacial score (nSPS) is 11.3. The number of aliphatic imine (C=N–C) groups is 1. The number of rotatable bonds is 4. The molecule has 1 amide bonds. The van der Waals surface area contributed by atoms with Crippen molar-refractivity contribution < 1.29 is 4.79 Å². The average Bonchev–Trinajstić information content (AvgIpc) is 2.99. The highest BCUT2D eigenvalue weighted by atomic mass is 32.1. The largest absolute Gasteiger partial charge is 0.334 e. The Kier molecular flexibility index (Phi) is 5.11. The van der Waals surface area contributed by atoms with Crippen molar-refractivity contribution in [1.82, 2.24) is 0 Å². The topological polar surface area (TPSA) is 44.7 Å². The summed E-state index contributed by atoms with van der Waals surface area (Å²) < 4.78 is 0. The predicted molar refractivity (Wildman–Crippen MR) is 90.5 cm³/mol. The van der Waals surface area contributed by atoms with Gasteiger partial charge in [-0.1, -0.05) is 6.07 Å². The lowest BCUT2D eigenvalue weighted by Gasteiger charge is -2.18. The summed E-state index contributed by atoms with van der Waals surface area (Å²) in [6.45, 7) is 1.96. The lowest BCUT2D eigenvalue weighted by Crippen LogP contribution is -2.23. The fourth-order valence-corrected chi connectivity index (χ4v) is 2.59. The molecule has 4 nitrogen and oxygen atoms in total. The van der Waals surface area contributed by atoms with E-state index in [2.05, 4.69) is 10.3 Å². The molecule has 0 saturated heterocycles. The fourth-order valence-electron chi connectivity index (χ4n) is 1.88. The Hall–Kier alpha value is -2.14. The molecule has 0 spiro atoms. The van der Waals surface area contributed by atoms with Gasteiger partial charge in [-0.25, -0.2) is 0 Å². The van der Waals surface area contributed by atoms with Crippen LogP contribution in [0.1, 0.15) is 11.8 Å². The summed E-state index contributed by atoms with van der Waals surface area (Å²) in [7, 11) is 3.73. The molecule has 1 aromatic carbocycles. The maximum Gasteiger partial charge on any atom is 0.229 e. The Morgan fingerprint density at radius 3 is 2.57 bits per heavy atom. The minimum atomic E-state index is 0.00450. The van der Waals surface area contributed by atoms with Crippen molar-refractivity contribution in [3.63, 3.8) is 0 Å². The van der Waals surface area contributed by atoms with Gasteiger partial charge in [0, 0.05) is 30.3 Å². The predicted octanol–water partition coefficient (Wildman–Crippen LogP) is 3.41. The maximum absolute atomic E-state index is 11.9. The summed E-state index contributed by atoms with van der Waals surface area (Å²) in [6.07, 6.45) is 0.418. The minimum absolute atomic E-state index is 0.00450. The zero-order chi connectivity index (χ0) is 15.2. The second-order valence-electron chi connectivity index (χ2n) is 4.68. The number of hydrogen-bond acceptors (Lipinski definition) is 3. The zero-order valence-electron chi connectivity index (χ0n) is 12.5. The summed E-state index contributed by atoms with van der Waals surface area (Å²) in [5, 5.41) is 4.89. The fraction of sp³-hybridized carbons (Fsp3) is 0.250. The smallest absolute Gasteiger partial charge is 0.229 e. The SMILES string of the molecule is CN=C(C)N(C)c1ccc(NC(=O)Cc2cccs2)cc1. The van der Waals surface area contributed by atoms with Gasteiger partial charge in [0.1, 0.15) is 0 Å². The number of nitrogens with zero attached hydrogens (tertiary/aromatic N) is 2. The molecule has 0 unspecified atom stereocenters. The summed E-state index contributed by atoms with van der Waals surface area (Å²) in [4.78, 5) is 19.1. The number of carbonyl (C=O) groups is 1. The third kappa shape index (κ3) is 4.16. The zero-order valence-corrected chi connectivity index (χ0v) is 13.3. The second-order valence-corrected chi connectivity index (χ2v) is 5.71. The Balaban J connectivity index is 1.97. The minimum Gasteiger partial charge on any atom is -0.334 e. The summed E-state index contributed by atoms with van der Waals surface area (Å²) in [6, 6.07) is 11.7. The average molecular weight is 301 g/mol. The molecule has 0 aliphatic carbocycles. The first-order valence-corrected chi connectivity index (χ1v) is 7.57. The lowest BCUT2D eigenvalue weighted by atomic mass is 10.2. The van der Waals surface area contributed by atoms with Crippen LogP contribution in [0.5, 0.6) is 0 Å². The van der Waals surface area contributed by atoms with E-state index >= 15 is 0 Å². The Morgan fingerprint density at radius 1 is 1.29 bits per heavy atom. The van der Waals surface area contributed by atoms with Crippen LogP contribution in [0.2, 0.25) is 0 Å². The van der Waals surface area contributed by atoms with Gasteiger partial charge < -0.3 is 10.2 Å². The van der Waals surface area contributed by atoms with Gasteiger partial charge in [-0.15, -0.1) is 11.3 Å². The van der Waals surface area contributed by atoms with Crippen molar-refractivity contribution in [2.24, 2.45) is 4.99 Å². The number of nitrogens with one attached hydrogen (secondary N) is 1. The highest BCUT2D eigenvalue weighted by Crippen LogP contribution is 2.18. The molecule has 110 valence electrons. The van der Waals surface area contributed by atoms with Crippen molar-refractivity contribution in [2.45, 2.75) is 13.3 Å². The van der Waals surface area contributed by atoms with Gasteiger partial charge in [0.2, 0.25) is 5.91 Å². The first kappa shape index (κ1) is 15.3. The van der Waals surface area contributed by atoms with Gasteiger partial charge >= 0.3 is 0 Å². The molecule has 1 aromatic heterocycles. The first-order chi connectivity index (χ1) is 10.1. The van der Waals surface area contributed by atoms with Crippen LogP contribution in [0.25, 0.3) is 0 Å². The number of thiophene rings is 1. The van der Waals surface area contributed by atoms with E-state index in [0.29, 0.717) is 6.42 Å². The van der Waals surface area contributed by atoms with Gasteiger partial charge in [-0.2, -0.15) is 0 Å². The third-order valence-corrected chi connectivity index (χ3v) is 4.14. The Bertz CT molecular complexity index is 617. The molecule has 2 aromatic rings. The van der Waals surface area contributed by atoms with Crippen molar-refractivity contribution in [3.8, 4) is 0 Å². The lowest BCUT2D eigenvalue weighted by molar-refractivity contribution is -0.115. The first-order valence-electron chi connectivity index (χ1n) is 6.69. The maximum atomic E-state index is 11.9. The molecule has 2 rings (SSSR count). The van der Waals surface area contributed by atoms with Crippen molar-refractivity contribution in [1.29, 1.82) is 0 Å². The number of amidine groups is 1. The molecule has 21 heavy (non-hydrogen) atoms. The van der Waals surface area contributed by atoms with E-state index in [1.807, 2.05) is 60.6 Å². The van der Waals surface area contributed by atoms with Crippen LogP contribution < -0.4 is 10.2 Å². The molecule has 0 aliphatic heterocycles. The van der Waals surface area contributed by atoms with E-state index in [0.717, 1.165) is 22.1 Å². The molecule has 0 aliphatic rings. The molecule has 1 N–H and O–H groups in total. The van der Waals surface area contributed by atoms with Crippen LogP contribution in [-0.2, 0) is 11.2 Å². The van der Waals surface area contributed by atoms with E-state index in [4.69, 9.17) is 0 Å².